The van der Waals surface area contributed by atoms with Crippen LogP contribution >= 0.6 is 11.6 Å². The van der Waals surface area contributed by atoms with Crippen LogP contribution in [0.15, 0.2) is 36.5 Å². The number of hydrogen-bond acceptors (Lipinski definition) is 2. The molecule has 1 spiro atoms. The van der Waals surface area contributed by atoms with Crippen molar-refractivity contribution >= 4 is 11.6 Å². The number of aromatic nitrogens is 1. The van der Waals surface area contributed by atoms with Crippen molar-refractivity contribution in [1.82, 2.24) is 9.88 Å². The van der Waals surface area contributed by atoms with Crippen molar-refractivity contribution in [2.24, 2.45) is 0 Å². The molecule has 0 amide bonds. The summed E-state index contributed by atoms with van der Waals surface area (Å²) in [5, 5.41) is 4.19. The Morgan fingerprint density at radius 1 is 1.16 bits per heavy atom. The minimum absolute atomic E-state index is 0.278. The van der Waals surface area contributed by atoms with Crippen molar-refractivity contribution in [1.29, 1.82) is 0 Å². The standard InChI is InChI=1S/C15H15ClN2O/c16-11-5-10-18-12-3-1-2-4-13(12)19-15(14(11)18)6-8-17-9-7-15/h1-5,10,17H,6-9H2. The van der Waals surface area contributed by atoms with E-state index in [1.54, 1.807) is 0 Å². The number of para-hydroxylation sites is 2. The number of nitrogens with one attached hydrogen (secondary N) is 1. The number of rotatable bonds is 0. The summed E-state index contributed by atoms with van der Waals surface area (Å²) in [4.78, 5) is 0. The maximum absolute atomic E-state index is 6.43. The molecule has 1 fully saturated rings. The Labute approximate surface area is 117 Å². The Morgan fingerprint density at radius 2 is 1.95 bits per heavy atom. The first-order valence-electron chi connectivity index (χ1n) is 6.67. The molecule has 3 nitrogen and oxygen atoms in total. The van der Waals surface area contributed by atoms with E-state index in [1.807, 2.05) is 30.5 Å². The minimum Gasteiger partial charge on any atom is -0.479 e. The summed E-state index contributed by atoms with van der Waals surface area (Å²) in [5.74, 6) is 0.948. The summed E-state index contributed by atoms with van der Waals surface area (Å²) >= 11 is 6.43. The third-order valence-electron chi connectivity index (χ3n) is 4.11. The topological polar surface area (TPSA) is 26.2 Å². The van der Waals surface area contributed by atoms with Crippen molar-refractivity contribution in [2.45, 2.75) is 18.4 Å². The maximum Gasteiger partial charge on any atom is 0.153 e. The molecule has 0 unspecified atom stereocenters. The van der Waals surface area contributed by atoms with Gasteiger partial charge in [-0.3, -0.25) is 0 Å². The predicted molar refractivity (Wildman–Crippen MR) is 75.2 cm³/mol. The second-order valence-corrected chi connectivity index (χ2v) is 5.60. The first-order valence-corrected chi connectivity index (χ1v) is 7.04. The molecule has 2 aliphatic heterocycles. The molecule has 3 heterocycles. The van der Waals surface area contributed by atoms with Crippen LogP contribution in [0.1, 0.15) is 18.5 Å². The zero-order chi connectivity index (χ0) is 12.9. The molecule has 1 N–H and O–H groups in total. The summed E-state index contributed by atoms with van der Waals surface area (Å²) in [6.45, 7) is 1.92. The molecule has 0 radical (unpaired) electrons. The molecule has 4 rings (SSSR count). The van der Waals surface area contributed by atoms with E-state index in [0.717, 1.165) is 48.1 Å². The molecule has 19 heavy (non-hydrogen) atoms. The average Bonchev–Trinajstić information content (AvgIpc) is 2.83. The van der Waals surface area contributed by atoms with Gasteiger partial charge < -0.3 is 14.6 Å². The molecule has 0 atom stereocenters. The molecular formula is C15H15ClN2O. The fourth-order valence-corrected chi connectivity index (χ4v) is 3.54. The van der Waals surface area contributed by atoms with Crippen molar-refractivity contribution < 1.29 is 4.74 Å². The van der Waals surface area contributed by atoms with Gasteiger partial charge in [-0.2, -0.15) is 0 Å². The van der Waals surface area contributed by atoms with Gasteiger partial charge >= 0.3 is 0 Å². The first-order chi connectivity index (χ1) is 9.30. The second-order valence-electron chi connectivity index (χ2n) is 5.20. The molecule has 2 aromatic rings. The van der Waals surface area contributed by atoms with Gasteiger partial charge in [0, 0.05) is 19.0 Å². The maximum atomic E-state index is 6.43. The van der Waals surface area contributed by atoms with E-state index in [0.29, 0.717) is 0 Å². The van der Waals surface area contributed by atoms with E-state index in [1.165, 1.54) is 0 Å². The van der Waals surface area contributed by atoms with Crippen LogP contribution in [0.3, 0.4) is 0 Å². The van der Waals surface area contributed by atoms with Crippen molar-refractivity contribution in [3.63, 3.8) is 0 Å². The van der Waals surface area contributed by atoms with Gasteiger partial charge in [0.1, 0.15) is 5.75 Å². The Morgan fingerprint density at radius 3 is 2.79 bits per heavy atom. The van der Waals surface area contributed by atoms with Crippen molar-refractivity contribution in [3.8, 4) is 11.4 Å². The lowest BCUT2D eigenvalue weighted by molar-refractivity contribution is 0.0204. The van der Waals surface area contributed by atoms with Crippen molar-refractivity contribution in [3.05, 3.63) is 47.2 Å². The fourth-order valence-electron chi connectivity index (χ4n) is 3.22. The van der Waals surface area contributed by atoms with Crippen LogP contribution in [-0.2, 0) is 5.60 Å². The minimum atomic E-state index is -0.278. The Bertz CT molecular complexity index is 629. The molecular weight excluding hydrogens is 260 g/mol. The molecule has 1 aromatic heterocycles. The molecule has 1 aromatic carbocycles. The number of halogens is 1. The van der Waals surface area contributed by atoms with Crippen LogP contribution in [0.2, 0.25) is 5.02 Å². The first kappa shape index (κ1) is 11.4. The van der Waals surface area contributed by atoms with E-state index >= 15 is 0 Å². The SMILES string of the molecule is Clc1ccn2c1C1(CCNCC1)Oc1ccccc1-2. The zero-order valence-corrected chi connectivity index (χ0v) is 11.3. The second kappa shape index (κ2) is 4.02. The van der Waals surface area contributed by atoms with Gasteiger partial charge in [-0.1, -0.05) is 23.7 Å². The van der Waals surface area contributed by atoms with Crippen LogP contribution < -0.4 is 10.1 Å². The van der Waals surface area contributed by atoms with E-state index in [4.69, 9.17) is 16.3 Å². The molecule has 98 valence electrons. The molecule has 0 aliphatic carbocycles. The van der Waals surface area contributed by atoms with Crippen LogP contribution in [0.5, 0.6) is 5.75 Å². The lowest BCUT2D eigenvalue weighted by Crippen LogP contribution is -2.47. The van der Waals surface area contributed by atoms with Crippen LogP contribution in [-0.4, -0.2) is 17.7 Å². The number of hydrogen-bond donors (Lipinski definition) is 1. The summed E-state index contributed by atoms with van der Waals surface area (Å²) in [7, 11) is 0. The van der Waals surface area contributed by atoms with Gasteiger partial charge in [-0.15, -0.1) is 0 Å². The van der Waals surface area contributed by atoms with Crippen LogP contribution in [0, 0.1) is 0 Å². The van der Waals surface area contributed by atoms with Gasteiger partial charge in [-0.05, 0) is 31.3 Å². The van der Waals surface area contributed by atoms with Crippen LogP contribution in [0.25, 0.3) is 5.69 Å². The molecule has 1 saturated heterocycles. The molecule has 2 aliphatic rings. The monoisotopic (exact) mass is 274 g/mol. The summed E-state index contributed by atoms with van der Waals surface area (Å²) in [5.41, 5.74) is 1.91. The summed E-state index contributed by atoms with van der Waals surface area (Å²) < 4.78 is 8.57. The van der Waals surface area contributed by atoms with Gasteiger partial charge in [0.15, 0.2) is 5.60 Å². The third-order valence-corrected chi connectivity index (χ3v) is 4.41. The third kappa shape index (κ3) is 1.55. The number of fused-ring (bicyclic) bond motifs is 4. The summed E-state index contributed by atoms with van der Waals surface area (Å²) in [6, 6.07) is 10.1. The highest BCUT2D eigenvalue weighted by atomic mass is 35.5. The smallest absolute Gasteiger partial charge is 0.153 e. The van der Waals surface area contributed by atoms with Crippen LogP contribution in [0.4, 0.5) is 0 Å². The largest absolute Gasteiger partial charge is 0.479 e. The number of piperidine rings is 1. The van der Waals surface area contributed by atoms with E-state index < -0.39 is 0 Å². The Kier molecular flexibility index (Phi) is 2.41. The van der Waals surface area contributed by atoms with Gasteiger partial charge in [0.25, 0.3) is 0 Å². The Hall–Kier alpha value is -1.45. The average molecular weight is 275 g/mol. The molecule has 0 bridgehead atoms. The number of ether oxygens (including phenoxy) is 1. The molecule has 0 saturated carbocycles. The lowest BCUT2D eigenvalue weighted by Gasteiger charge is -2.42. The van der Waals surface area contributed by atoms with Gasteiger partial charge in [0.05, 0.1) is 16.4 Å². The molecule has 4 heteroatoms. The summed E-state index contributed by atoms with van der Waals surface area (Å²) in [6.07, 6.45) is 3.94. The van der Waals surface area contributed by atoms with E-state index in [-0.39, 0.29) is 5.60 Å². The van der Waals surface area contributed by atoms with Gasteiger partial charge in [-0.25, -0.2) is 0 Å². The quantitative estimate of drug-likeness (QED) is 0.799. The number of nitrogens with zero attached hydrogens (tertiary/aromatic N) is 1. The highest BCUT2D eigenvalue weighted by molar-refractivity contribution is 6.31. The van der Waals surface area contributed by atoms with E-state index in [2.05, 4.69) is 16.0 Å². The highest BCUT2D eigenvalue weighted by Crippen LogP contribution is 2.46. The predicted octanol–water partition coefficient (Wildman–Crippen LogP) is 3.10. The van der Waals surface area contributed by atoms with Crippen molar-refractivity contribution in [2.75, 3.05) is 13.1 Å². The highest BCUT2D eigenvalue weighted by Gasteiger charge is 2.43. The van der Waals surface area contributed by atoms with Gasteiger partial charge in [0.2, 0.25) is 0 Å². The lowest BCUT2D eigenvalue weighted by atomic mass is 9.87. The zero-order valence-electron chi connectivity index (χ0n) is 10.5. The Balaban J connectivity index is 1.96. The van der Waals surface area contributed by atoms with E-state index in [9.17, 15) is 0 Å². The normalized spacial score (nSPS) is 19.6. The number of benzene rings is 1. The fraction of sp³-hybridized carbons (Fsp3) is 0.333.